The van der Waals surface area contributed by atoms with Crippen LogP contribution in [0.3, 0.4) is 0 Å². The van der Waals surface area contributed by atoms with Crippen molar-refractivity contribution in [3.63, 3.8) is 0 Å². The van der Waals surface area contributed by atoms with Crippen LogP contribution >= 0.6 is 0 Å². The van der Waals surface area contributed by atoms with E-state index in [-0.39, 0.29) is 5.91 Å². The highest BCUT2D eigenvalue weighted by molar-refractivity contribution is 6.15. The van der Waals surface area contributed by atoms with Gasteiger partial charge in [-0.15, -0.1) is 0 Å². The van der Waals surface area contributed by atoms with Gasteiger partial charge in [-0.25, -0.2) is 4.99 Å². The molecule has 232 valence electrons. The number of carbonyl (C=O) groups is 1. The van der Waals surface area contributed by atoms with E-state index in [1.165, 1.54) is 0 Å². The fourth-order valence-electron chi connectivity index (χ4n) is 6.41. The van der Waals surface area contributed by atoms with Gasteiger partial charge in [0.1, 0.15) is 0 Å². The van der Waals surface area contributed by atoms with Gasteiger partial charge >= 0.3 is 0 Å². The number of para-hydroxylation sites is 1. The van der Waals surface area contributed by atoms with E-state index in [2.05, 4.69) is 61.8 Å². The van der Waals surface area contributed by atoms with Crippen molar-refractivity contribution < 1.29 is 4.79 Å². The van der Waals surface area contributed by atoms with Crippen LogP contribution in [0.2, 0.25) is 0 Å². The quantitative estimate of drug-likeness (QED) is 0.227. The van der Waals surface area contributed by atoms with E-state index in [4.69, 9.17) is 4.98 Å². The molecule has 0 atom stereocenters. The first-order chi connectivity index (χ1) is 22.3. The summed E-state index contributed by atoms with van der Waals surface area (Å²) in [6.45, 7) is 12.3. The van der Waals surface area contributed by atoms with Crippen LogP contribution in [-0.4, -0.2) is 76.7 Å². The maximum absolute atomic E-state index is 13.9. The smallest absolute Gasteiger partial charge is 0.259 e. The topological polar surface area (TPSA) is 98.0 Å². The van der Waals surface area contributed by atoms with Gasteiger partial charge in [0.2, 0.25) is 0 Å². The predicted octanol–water partition coefficient (Wildman–Crippen LogP) is 6.02. The Balaban J connectivity index is 1.21. The molecule has 3 aromatic heterocycles. The summed E-state index contributed by atoms with van der Waals surface area (Å²) >= 11 is 0. The van der Waals surface area contributed by atoms with E-state index in [1.807, 2.05) is 74.6 Å². The largest absolute Gasteiger partial charge is 0.369 e. The third kappa shape index (κ3) is 5.20. The van der Waals surface area contributed by atoms with Crippen LogP contribution in [0.5, 0.6) is 0 Å². The summed E-state index contributed by atoms with van der Waals surface area (Å²) in [6.07, 6.45) is 5.57. The summed E-state index contributed by atoms with van der Waals surface area (Å²) in [5.74, 6) is 0.610. The van der Waals surface area contributed by atoms with Gasteiger partial charge in [0.25, 0.3) is 5.91 Å². The highest BCUT2D eigenvalue weighted by atomic mass is 16.2. The van der Waals surface area contributed by atoms with Crippen molar-refractivity contribution in [1.82, 2.24) is 24.6 Å². The Labute approximate surface area is 268 Å². The van der Waals surface area contributed by atoms with E-state index in [0.29, 0.717) is 23.6 Å². The number of aromatic amines is 1. The lowest BCUT2D eigenvalue weighted by Crippen LogP contribution is -2.44. The van der Waals surface area contributed by atoms with Gasteiger partial charge < -0.3 is 19.7 Å². The van der Waals surface area contributed by atoms with Gasteiger partial charge in [0, 0.05) is 91.4 Å². The molecule has 0 saturated carbocycles. The average Bonchev–Trinajstić information content (AvgIpc) is 3.75. The van der Waals surface area contributed by atoms with Gasteiger partial charge in [0.15, 0.2) is 5.82 Å². The van der Waals surface area contributed by atoms with Crippen LogP contribution in [-0.2, 0) is 13.6 Å². The Hall–Kier alpha value is -5.35. The minimum atomic E-state index is -0.0256. The molecule has 2 aromatic carbocycles. The van der Waals surface area contributed by atoms with Crippen LogP contribution in [0.25, 0.3) is 27.9 Å². The molecule has 7 rings (SSSR count). The minimum absolute atomic E-state index is 0.0256. The molecule has 1 amide bonds. The molecule has 0 bridgehead atoms. The third-order valence-corrected chi connectivity index (χ3v) is 9.12. The molecule has 0 spiro atoms. The first-order valence-electron chi connectivity index (χ1n) is 15.5. The molecule has 10 nitrogen and oxygen atoms in total. The van der Waals surface area contributed by atoms with E-state index in [1.54, 1.807) is 10.9 Å². The molecule has 2 aliphatic rings. The maximum Gasteiger partial charge on any atom is 0.259 e. The van der Waals surface area contributed by atoms with Gasteiger partial charge in [-0.1, -0.05) is 24.3 Å². The molecule has 0 unspecified atom stereocenters. The average molecular weight is 612 g/mol. The minimum Gasteiger partial charge on any atom is -0.369 e. The molecular weight excluding hydrogens is 574 g/mol. The number of benzene rings is 2. The number of amides is 1. The van der Waals surface area contributed by atoms with Gasteiger partial charge in [-0.05, 0) is 63.0 Å². The van der Waals surface area contributed by atoms with Gasteiger partial charge in [-0.2, -0.15) is 5.10 Å². The van der Waals surface area contributed by atoms with Crippen LogP contribution in [0.15, 0.2) is 82.5 Å². The first-order valence-corrected chi connectivity index (χ1v) is 15.5. The molecular formula is C36H37N9O. The van der Waals surface area contributed by atoms with E-state index in [9.17, 15) is 4.79 Å². The highest BCUT2D eigenvalue weighted by Gasteiger charge is 2.32. The lowest BCUT2D eigenvalue weighted by atomic mass is 10.00. The molecule has 46 heavy (non-hydrogen) atoms. The predicted molar refractivity (Wildman–Crippen MR) is 186 cm³/mol. The van der Waals surface area contributed by atoms with Crippen molar-refractivity contribution in [1.29, 1.82) is 0 Å². The molecule has 2 aliphatic heterocycles. The standard InChI is InChI=1S/C36H37N9O/c1-23(20-39-33-18-24(2)43(5)41-33)34(37-3)29-21-40-35-27(29)9-7-11-32(35)45-22-30-26(8-6-10-28(30)36(45)46)31-19-25(12-13-38-31)44-16-14-42(4)15-17-44/h6-13,18-21,40H,3,14-17,22H2,1-2,4-5H3/b34-23-,39-20?. The number of rotatable bonds is 7. The Kier molecular flexibility index (Phi) is 7.58. The number of pyridine rings is 1. The Morgan fingerprint density at radius 3 is 2.57 bits per heavy atom. The molecule has 0 aliphatic carbocycles. The fourth-order valence-corrected chi connectivity index (χ4v) is 6.41. The van der Waals surface area contributed by atoms with Crippen molar-refractivity contribution in [2.24, 2.45) is 17.0 Å². The molecule has 5 aromatic rings. The molecule has 1 fully saturated rings. The number of hydrogen-bond acceptors (Lipinski definition) is 7. The van der Waals surface area contributed by atoms with Gasteiger partial charge in [0.05, 0.1) is 29.1 Å². The Morgan fingerprint density at radius 2 is 1.80 bits per heavy atom. The maximum atomic E-state index is 13.9. The van der Waals surface area contributed by atoms with Crippen molar-refractivity contribution in [2.45, 2.75) is 20.4 Å². The molecule has 0 radical (unpaired) electrons. The second kappa shape index (κ2) is 11.9. The van der Waals surface area contributed by atoms with Gasteiger partial charge in [-0.3, -0.25) is 19.5 Å². The number of anilines is 2. The van der Waals surface area contributed by atoms with Crippen LogP contribution in [0.4, 0.5) is 17.2 Å². The number of piperazine rings is 1. The highest BCUT2D eigenvalue weighted by Crippen LogP contribution is 2.39. The van der Waals surface area contributed by atoms with Crippen molar-refractivity contribution in [2.75, 3.05) is 43.0 Å². The summed E-state index contributed by atoms with van der Waals surface area (Å²) in [5.41, 5.74) is 9.89. The summed E-state index contributed by atoms with van der Waals surface area (Å²) in [4.78, 5) is 37.7. The lowest BCUT2D eigenvalue weighted by Gasteiger charge is -2.34. The number of nitrogens with one attached hydrogen (secondary N) is 1. The summed E-state index contributed by atoms with van der Waals surface area (Å²) in [5, 5.41) is 5.36. The summed E-state index contributed by atoms with van der Waals surface area (Å²) in [7, 11) is 4.05. The number of hydrogen-bond donors (Lipinski definition) is 1. The zero-order chi connectivity index (χ0) is 31.9. The SMILES string of the molecule is C=N/C(=C(/C)C=Nc1cc(C)n(C)n1)c1c[nH]c2c(N3Cc4c(cccc4-c4cc(N5CCN(C)CC5)ccn4)C3=O)cccc12. The molecule has 1 N–H and O–H groups in total. The first kappa shape index (κ1) is 29.4. The summed E-state index contributed by atoms with van der Waals surface area (Å²) in [6, 6.07) is 18.1. The molecule has 10 heteroatoms. The normalized spacial score (nSPS) is 16.0. The number of nitrogens with zero attached hydrogens (tertiary/aromatic N) is 8. The van der Waals surface area contributed by atoms with Crippen molar-refractivity contribution in [3.8, 4) is 11.3 Å². The van der Waals surface area contributed by atoms with E-state index < -0.39 is 0 Å². The van der Waals surface area contributed by atoms with E-state index in [0.717, 1.165) is 82.1 Å². The fraction of sp³-hybridized carbons (Fsp3) is 0.250. The van der Waals surface area contributed by atoms with Crippen LogP contribution < -0.4 is 9.80 Å². The second-order valence-electron chi connectivity index (χ2n) is 12.0. The third-order valence-electron chi connectivity index (χ3n) is 9.12. The number of aryl methyl sites for hydroxylation is 2. The number of aromatic nitrogens is 4. The van der Waals surface area contributed by atoms with Crippen LogP contribution in [0, 0.1) is 6.92 Å². The number of allylic oxidation sites excluding steroid dienone is 1. The Bertz CT molecular complexity index is 2020. The van der Waals surface area contributed by atoms with Crippen molar-refractivity contribution in [3.05, 3.63) is 94.9 Å². The number of aliphatic imine (C=N–C) groups is 2. The van der Waals surface area contributed by atoms with Crippen molar-refractivity contribution >= 4 is 52.6 Å². The lowest BCUT2D eigenvalue weighted by molar-refractivity contribution is 0.0997. The second-order valence-corrected chi connectivity index (χ2v) is 12.0. The zero-order valence-electron chi connectivity index (χ0n) is 26.7. The molecule has 5 heterocycles. The monoisotopic (exact) mass is 611 g/mol. The number of H-pyrrole nitrogens is 1. The number of carbonyl (C=O) groups excluding carboxylic acids is 1. The zero-order valence-corrected chi connectivity index (χ0v) is 26.7. The molecule has 1 saturated heterocycles. The Morgan fingerprint density at radius 1 is 1.02 bits per heavy atom. The summed E-state index contributed by atoms with van der Waals surface area (Å²) < 4.78 is 1.79. The van der Waals surface area contributed by atoms with Crippen LogP contribution in [0.1, 0.15) is 34.1 Å². The number of likely N-dealkylation sites (N-methyl/N-ethyl adjacent to an activating group) is 1. The number of fused-ring (bicyclic) bond motifs is 2. The van der Waals surface area contributed by atoms with E-state index >= 15 is 0 Å².